The largest absolute Gasteiger partial charge is 0.481 e. The van der Waals surface area contributed by atoms with Crippen molar-refractivity contribution in [3.8, 4) is 0 Å². The summed E-state index contributed by atoms with van der Waals surface area (Å²) in [6.07, 6.45) is -0.276. The summed E-state index contributed by atoms with van der Waals surface area (Å²) in [7, 11) is 0. The molecule has 14 N–H and O–H groups in total. The Bertz CT molecular complexity index is 864. The Morgan fingerprint density at radius 3 is 1.82 bits per heavy atom. The molecule has 0 aliphatic rings. The molecular formula is C21H38N8O9. The molecule has 0 heterocycles. The Hall–Kier alpha value is -3.99. The van der Waals surface area contributed by atoms with Crippen LogP contribution in [0.25, 0.3) is 0 Å². The number of nitrogens with one attached hydrogen (secondary N) is 3. The Labute approximate surface area is 218 Å². The summed E-state index contributed by atoms with van der Waals surface area (Å²) < 4.78 is 0. The number of hydrogen-bond donors (Lipinski definition) is 10. The third-order valence-corrected chi connectivity index (χ3v) is 5.16. The summed E-state index contributed by atoms with van der Waals surface area (Å²) in [4.78, 5) is 75.4. The van der Waals surface area contributed by atoms with Gasteiger partial charge in [0, 0.05) is 13.0 Å². The molecule has 0 aliphatic carbocycles. The number of carbonyl (C=O) groups excluding carboxylic acids is 3. The number of guanidine groups is 1. The van der Waals surface area contributed by atoms with Gasteiger partial charge in [0.2, 0.25) is 17.7 Å². The van der Waals surface area contributed by atoms with Gasteiger partial charge in [0.05, 0.1) is 12.5 Å². The van der Waals surface area contributed by atoms with E-state index in [1.54, 1.807) is 0 Å². The van der Waals surface area contributed by atoms with Crippen LogP contribution in [0.15, 0.2) is 4.99 Å². The van der Waals surface area contributed by atoms with E-state index in [0.717, 1.165) is 0 Å². The van der Waals surface area contributed by atoms with Crippen molar-refractivity contribution in [1.82, 2.24) is 16.0 Å². The minimum Gasteiger partial charge on any atom is -0.481 e. The van der Waals surface area contributed by atoms with Crippen LogP contribution in [-0.4, -0.2) is 94.2 Å². The summed E-state index contributed by atoms with van der Waals surface area (Å²) >= 11 is 0. The van der Waals surface area contributed by atoms with Crippen LogP contribution < -0.4 is 38.9 Å². The van der Waals surface area contributed by atoms with Crippen LogP contribution in [0.1, 0.15) is 51.4 Å². The smallest absolute Gasteiger partial charge is 0.326 e. The van der Waals surface area contributed by atoms with Gasteiger partial charge >= 0.3 is 17.9 Å². The monoisotopic (exact) mass is 546 g/mol. The van der Waals surface area contributed by atoms with E-state index in [2.05, 4.69) is 15.6 Å². The molecule has 0 aromatic rings. The van der Waals surface area contributed by atoms with Crippen molar-refractivity contribution in [2.24, 2.45) is 27.9 Å². The van der Waals surface area contributed by atoms with Crippen LogP contribution in [0.2, 0.25) is 0 Å². The van der Waals surface area contributed by atoms with Crippen molar-refractivity contribution < 1.29 is 44.1 Å². The molecule has 38 heavy (non-hydrogen) atoms. The third-order valence-electron chi connectivity index (χ3n) is 5.16. The minimum absolute atomic E-state index is 0.0123. The highest BCUT2D eigenvalue weighted by molar-refractivity contribution is 5.95. The molecule has 17 nitrogen and oxygen atoms in total. The molecule has 0 radical (unpaired) electrons. The fourth-order valence-electron chi connectivity index (χ4n) is 3.14. The standard InChI is InChI=1S/C21H38N8O9/c22-8-2-1-4-11(23)17(34)27-12(5-3-9-26-21(24)25)18(35)29-14(10-16(32)33)19(36)28-13(20(37)38)6-7-15(30)31/h11-14H,1-10,22-23H2,(H,27,34)(H,28,36)(H,29,35)(H,30,31)(H,32,33)(H,37,38)(H4,24,25,26). The molecule has 0 aliphatic heterocycles. The van der Waals surface area contributed by atoms with Crippen molar-refractivity contribution in [2.75, 3.05) is 13.1 Å². The zero-order chi connectivity index (χ0) is 29.3. The van der Waals surface area contributed by atoms with Crippen molar-refractivity contribution >= 4 is 41.6 Å². The summed E-state index contributed by atoms with van der Waals surface area (Å²) in [5, 5.41) is 33.9. The van der Waals surface area contributed by atoms with Crippen molar-refractivity contribution in [3.63, 3.8) is 0 Å². The van der Waals surface area contributed by atoms with Gasteiger partial charge in [-0.2, -0.15) is 0 Å². The molecule has 17 heteroatoms. The highest BCUT2D eigenvalue weighted by atomic mass is 16.4. The lowest BCUT2D eigenvalue weighted by atomic mass is 10.1. The third kappa shape index (κ3) is 15.2. The topological polar surface area (TPSA) is 316 Å². The Morgan fingerprint density at radius 2 is 1.29 bits per heavy atom. The van der Waals surface area contributed by atoms with Crippen LogP contribution in [0.4, 0.5) is 0 Å². The molecule has 4 unspecified atom stereocenters. The molecule has 4 atom stereocenters. The summed E-state index contributed by atoms with van der Waals surface area (Å²) in [5.41, 5.74) is 21.8. The maximum absolute atomic E-state index is 13.0. The number of carboxylic acids is 3. The fourth-order valence-corrected chi connectivity index (χ4v) is 3.14. The van der Waals surface area contributed by atoms with E-state index >= 15 is 0 Å². The van der Waals surface area contributed by atoms with Gasteiger partial charge in [-0.05, 0) is 38.6 Å². The maximum atomic E-state index is 13.0. The van der Waals surface area contributed by atoms with E-state index in [1.807, 2.05) is 5.32 Å². The molecule has 0 fully saturated rings. The molecule has 0 rings (SSSR count). The highest BCUT2D eigenvalue weighted by Gasteiger charge is 2.31. The number of nitrogens with zero attached hydrogens (tertiary/aromatic N) is 1. The molecule has 0 saturated heterocycles. The van der Waals surface area contributed by atoms with E-state index in [1.165, 1.54) is 0 Å². The number of carboxylic acid groups (broad SMARTS) is 3. The fraction of sp³-hybridized carbons (Fsp3) is 0.667. The number of unbranched alkanes of at least 4 members (excludes halogenated alkanes) is 1. The Balaban J connectivity index is 5.60. The molecular weight excluding hydrogens is 508 g/mol. The molecule has 0 aromatic heterocycles. The van der Waals surface area contributed by atoms with Gasteiger partial charge in [-0.1, -0.05) is 6.42 Å². The average molecular weight is 547 g/mol. The summed E-state index contributed by atoms with van der Waals surface area (Å²) in [6.45, 7) is 0.518. The summed E-state index contributed by atoms with van der Waals surface area (Å²) in [6, 6.07) is -5.60. The number of nitrogens with two attached hydrogens (primary N) is 4. The SMILES string of the molecule is NCCCCC(N)C(=O)NC(CCCN=C(N)N)C(=O)NC(CC(=O)O)C(=O)NC(CCC(=O)O)C(=O)O. The number of hydrogen-bond acceptors (Lipinski definition) is 9. The van der Waals surface area contributed by atoms with E-state index in [9.17, 15) is 39.0 Å². The molecule has 216 valence electrons. The van der Waals surface area contributed by atoms with Crippen LogP contribution in [0.5, 0.6) is 0 Å². The number of amides is 3. The van der Waals surface area contributed by atoms with E-state index in [-0.39, 0.29) is 25.3 Å². The maximum Gasteiger partial charge on any atom is 0.326 e. The number of rotatable bonds is 20. The second kappa shape index (κ2) is 18.3. The van der Waals surface area contributed by atoms with Gasteiger partial charge in [0.25, 0.3) is 0 Å². The van der Waals surface area contributed by atoms with Crippen molar-refractivity contribution in [1.29, 1.82) is 0 Å². The van der Waals surface area contributed by atoms with Crippen LogP contribution in [-0.2, 0) is 28.8 Å². The van der Waals surface area contributed by atoms with Crippen LogP contribution in [0.3, 0.4) is 0 Å². The van der Waals surface area contributed by atoms with Crippen molar-refractivity contribution in [3.05, 3.63) is 0 Å². The molecule has 0 bridgehead atoms. The van der Waals surface area contributed by atoms with E-state index < -0.39 is 79.1 Å². The lowest BCUT2D eigenvalue weighted by Gasteiger charge is -2.24. The van der Waals surface area contributed by atoms with Gasteiger partial charge in [-0.3, -0.25) is 29.0 Å². The highest BCUT2D eigenvalue weighted by Crippen LogP contribution is 2.06. The molecule has 0 saturated carbocycles. The second-order valence-electron chi connectivity index (χ2n) is 8.39. The predicted molar refractivity (Wildman–Crippen MR) is 133 cm³/mol. The van der Waals surface area contributed by atoms with Gasteiger partial charge in [0.1, 0.15) is 18.1 Å². The molecule has 0 aromatic carbocycles. The van der Waals surface area contributed by atoms with Gasteiger partial charge in [-0.15, -0.1) is 0 Å². The first-order chi connectivity index (χ1) is 17.8. The van der Waals surface area contributed by atoms with Crippen molar-refractivity contribution in [2.45, 2.75) is 75.5 Å². The quantitative estimate of drug-likeness (QED) is 0.0401. The van der Waals surface area contributed by atoms with Gasteiger partial charge < -0.3 is 54.2 Å². The first-order valence-corrected chi connectivity index (χ1v) is 11.9. The Morgan fingerprint density at radius 1 is 0.711 bits per heavy atom. The zero-order valence-electron chi connectivity index (χ0n) is 20.9. The Kier molecular flexibility index (Phi) is 16.4. The zero-order valence-corrected chi connectivity index (χ0v) is 20.9. The molecule has 3 amide bonds. The average Bonchev–Trinajstić information content (AvgIpc) is 2.82. The number of aliphatic imine (C=N–C) groups is 1. The number of carbonyl (C=O) groups is 6. The predicted octanol–water partition coefficient (Wildman–Crippen LogP) is -3.63. The number of aliphatic carboxylic acids is 3. The van der Waals surface area contributed by atoms with Crippen LogP contribution in [0, 0.1) is 0 Å². The van der Waals surface area contributed by atoms with Gasteiger partial charge in [-0.25, -0.2) is 4.79 Å². The van der Waals surface area contributed by atoms with E-state index in [4.69, 9.17) is 28.0 Å². The first-order valence-electron chi connectivity index (χ1n) is 11.9. The first kappa shape index (κ1) is 34.0. The van der Waals surface area contributed by atoms with Gasteiger partial charge in [0.15, 0.2) is 5.96 Å². The normalized spacial score (nSPS) is 13.7. The van der Waals surface area contributed by atoms with Crippen LogP contribution >= 0.6 is 0 Å². The lowest BCUT2D eigenvalue weighted by Crippen LogP contribution is -2.57. The minimum atomic E-state index is -1.73. The lowest BCUT2D eigenvalue weighted by molar-refractivity contribution is -0.144. The van der Waals surface area contributed by atoms with E-state index in [0.29, 0.717) is 25.8 Å². The summed E-state index contributed by atoms with van der Waals surface area (Å²) in [5.74, 6) is -7.29. The molecule has 0 spiro atoms. The second-order valence-corrected chi connectivity index (χ2v) is 8.39.